The van der Waals surface area contributed by atoms with Gasteiger partial charge in [-0.2, -0.15) is 0 Å². The Kier molecular flexibility index (Phi) is 4.82. The highest BCUT2D eigenvalue weighted by atomic mass is 16.6. The summed E-state index contributed by atoms with van der Waals surface area (Å²) in [5.74, 6) is -3.21. The second kappa shape index (κ2) is 6.67. The zero-order chi connectivity index (χ0) is 18.9. The summed E-state index contributed by atoms with van der Waals surface area (Å²) in [6, 6.07) is 3.65. The van der Waals surface area contributed by atoms with E-state index in [1.165, 1.54) is 38.1 Å². The largest absolute Gasteiger partial charge is 0.451 e. The zero-order valence-electron chi connectivity index (χ0n) is 13.7. The predicted octanol–water partition coefficient (Wildman–Crippen LogP) is 0.211. The van der Waals surface area contributed by atoms with E-state index in [0.717, 1.165) is 6.07 Å². The standard InChI is InChI=1S/C15H15N3O7/c1-8(13(20)16(2)3)25-11(19)7-17-14(21)9-5-4-6-10(18(23)24)12(9)15(17)22/h4-6,8H,7H2,1-3H3/t8-/m1/s1. The molecule has 25 heavy (non-hydrogen) atoms. The number of nitro groups is 1. The molecule has 10 nitrogen and oxygen atoms in total. The molecule has 0 aliphatic carbocycles. The van der Waals surface area contributed by atoms with Crippen molar-refractivity contribution < 1.29 is 28.8 Å². The van der Waals surface area contributed by atoms with Crippen molar-refractivity contribution in [3.8, 4) is 0 Å². The minimum atomic E-state index is -1.09. The van der Waals surface area contributed by atoms with Crippen molar-refractivity contribution in [3.63, 3.8) is 0 Å². The van der Waals surface area contributed by atoms with Crippen molar-refractivity contribution in [2.45, 2.75) is 13.0 Å². The first-order valence-electron chi connectivity index (χ1n) is 7.19. The Morgan fingerprint density at radius 2 is 1.92 bits per heavy atom. The monoisotopic (exact) mass is 349 g/mol. The Labute approximate surface area is 142 Å². The van der Waals surface area contributed by atoms with Crippen molar-refractivity contribution in [1.82, 2.24) is 9.80 Å². The number of hydrogen-bond donors (Lipinski definition) is 0. The lowest BCUT2D eigenvalue weighted by atomic mass is 10.1. The topological polar surface area (TPSA) is 127 Å². The van der Waals surface area contributed by atoms with Crippen molar-refractivity contribution in [3.05, 3.63) is 39.4 Å². The molecule has 10 heteroatoms. The smallest absolute Gasteiger partial charge is 0.326 e. The van der Waals surface area contributed by atoms with Gasteiger partial charge in [-0.3, -0.25) is 34.2 Å². The van der Waals surface area contributed by atoms with E-state index < -0.39 is 47.0 Å². The highest BCUT2D eigenvalue weighted by Crippen LogP contribution is 2.30. The summed E-state index contributed by atoms with van der Waals surface area (Å²) < 4.78 is 4.90. The number of imide groups is 1. The van der Waals surface area contributed by atoms with Crippen LogP contribution in [0.1, 0.15) is 27.6 Å². The molecule has 3 amide bonds. The lowest BCUT2D eigenvalue weighted by molar-refractivity contribution is -0.385. The maximum atomic E-state index is 12.3. The summed E-state index contributed by atoms with van der Waals surface area (Å²) >= 11 is 0. The SMILES string of the molecule is C[C@@H](OC(=O)CN1C(=O)c2cccc([N+](=O)[O-])c2C1=O)C(=O)N(C)C. The van der Waals surface area contributed by atoms with Crippen LogP contribution in [-0.4, -0.2) is 65.2 Å². The van der Waals surface area contributed by atoms with E-state index in [0.29, 0.717) is 4.90 Å². The molecule has 2 rings (SSSR count). The molecule has 1 aromatic carbocycles. The second-order valence-electron chi connectivity index (χ2n) is 5.52. The molecule has 1 heterocycles. The molecule has 0 radical (unpaired) electrons. The van der Waals surface area contributed by atoms with Gasteiger partial charge in [0.15, 0.2) is 6.10 Å². The Hall–Kier alpha value is -3.30. The number of likely N-dealkylation sites (N-methyl/N-ethyl adjacent to an activating group) is 1. The third-order valence-electron chi connectivity index (χ3n) is 3.56. The average molecular weight is 349 g/mol. The van der Waals surface area contributed by atoms with Crippen molar-refractivity contribution in [2.75, 3.05) is 20.6 Å². The molecule has 1 aliphatic rings. The van der Waals surface area contributed by atoms with Gasteiger partial charge in [-0.25, -0.2) is 0 Å². The third-order valence-corrected chi connectivity index (χ3v) is 3.56. The number of nitro benzene ring substituents is 1. The van der Waals surface area contributed by atoms with Crippen molar-refractivity contribution in [2.24, 2.45) is 0 Å². The first-order chi connectivity index (χ1) is 11.6. The second-order valence-corrected chi connectivity index (χ2v) is 5.52. The molecule has 0 N–H and O–H groups in total. The molecule has 1 aliphatic heterocycles. The van der Waals surface area contributed by atoms with Gasteiger partial charge in [-0.1, -0.05) is 6.07 Å². The van der Waals surface area contributed by atoms with Gasteiger partial charge in [0.05, 0.1) is 10.5 Å². The Morgan fingerprint density at radius 3 is 2.48 bits per heavy atom. The summed E-state index contributed by atoms with van der Waals surface area (Å²) in [5.41, 5.74) is -1.02. The number of rotatable bonds is 5. The van der Waals surface area contributed by atoms with Crippen LogP contribution >= 0.6 is 0 Å². The lowest BCUT2D eigenvalue weighted by Gasteiger charge is -2.19. The number of amides is 3. The van der Waals surface area contributed by atoms with Crippen LogP contribution in [0.2, 0.25) is 0 Å². The van der Waals surface area contributed by atoms with E-state index in [1.54, 1.807) is 0 Å². The van der Waals surface area contributed by atoms with Crippen molar-refractivity contribution in [1.29, 1.82) is 0 Å². The molecule has 0 unspecified atom stereocenters. The number of carbonyl (C=O) groups excluding carboxylic acids is 4. The highest BCUT2D eigenvalue weighted by Gasteiger charge is 2.42. The van der Waals surface area contributed by atoms with E-state index in [1.807, 2.05) is 0 Å². The van der Waals surface area contributed by atoms with E-state index >= 15 is 0 Å². The summed E-state index contributed by atoms with van der Waals surface area (Å²) in [7, 11) is 2.96. The summed E-state index contributed by atoms with van der Waals surface area (Å²) in [6.07, 6.45) is -1.09. The zero-order valence-corrected chi connectivity index (χ0v) is 13.7. The molecule has 1 aromatic rings. The average Bonchev–Trinajstić information content (AvgIpc) is 2.78. The minimum absolute atomic E-state index is 0.149. The van der Waals surface area contributed by atoms with Crippen LogP contribution in [0.3, 0.4) is 0 Å². The number of nitrogens with zero attached hydrogens (tertiary/aromatic N) is 3. The van der Waals surface area contributed by atoms with Crippen molar-refractivity contribution >= 4 is 29.4 Å². The van der Waals surface area contributed by atoms with Crippen LogP contribution < -0.4 is 0 Å². The van der Waals surface area contributed by atoms with Gasteiger partial charge in [0, 0.05) is 20.2 Å². The number of carbonyl (C=O) groups is 4. The Balaban J connectivity index is 2.17. The summed E-state index contributed by atoms with van der Waals surface area (Å²) in [4.78, 5) is 60.2. The minimum Gasteiger partial charge on any atom is -0.451 e. The summed E-state index contributed by atoms with van der Waals surface area (Å²) in [6.45, 7) is 0.613. The van der Waals surface area contributed by atoms with Gasteiger partial charge >= 0.3 is 5.97 Å². The molecule has 0 aromatic heterocycles. The van der Waals surface area contributed by atoms with Crippen LogP contribution in [0.4, 0.5) is 5.69 Å². The Bertz CT molecular complexity index is 787. The molecule has 0 bridgehead atoms. The third kappa shape index (κ3) is 3.32. The van der Waals surface area contributed by atoms with E-state index in [2.05, 4.69) is 0 Å². The molecule has 0 spiro atoms. The predicted molar refractivity (Wildman–Crippen MR) is 82.7 cm³/mol. The van der Waals surface area contributed by atoms with Gasteiger partial charge in [-0.15, -0.1) is 0 Å². The van der Waals surface area contributed by atoms with Crippen LogP contribution in [0.25, 0.3) is 0 Å². The highest BCUT2D eigenvalue weighted by molar-refractivity contribution is 6.24. The van der Waals surface area contributed by atoms with Gasteiger partial charge in [0.2, 0.25) is 0 Å². The molecule has 0 saturated heterocycles. The number of benzene rings is 1. The quantitative estimate of drug-likeness (QED) is 0.322. The van der Waals surface area contributed by atoms with Gasteiger partial charge in [-0.05, 0) is 13.0 Å². The number of esters is 1. The number of ether oxygens (including phenoxy) is 1. The van der Waals surface area contributed by atoms with Crippen LogP contribution in [-0.2, 0) is 14.3 Å². The Morgan fingerprint density at radius 1 is 1.28 bits per heavy atom. The first-order valence-corrected chi connectivity index (χ1v) is 7.19. The van der Waals surface area contributed by atoms with E-state index in [-0.39, 0.29) is 11.1 Å². The van der Waals surface area contributed by atoms with Crippen LogP contribution in [0.5, 0.6) is 0 Å². The van der Waals surface area contributed by atoms with Crippen LogP contribution in [0, 0.1) is 10.1 Å². The molecular formula is C15H15N3O7. The maximum Gasteiger partial charge on any atom is 0.326 e. The fourth-order valence-electron chi connectivity index (χ4n) is 2.39. The molecule has 0 fully saturated rings. The number of hydrogen-bond acceptors (Lipinski definition) is 7. The maximum absolute atomic E-state index is 12.3. The van der Waals surface area contributed by atoms with Gasteiger partial charge < -0.3 is 9.64 Å². The lowest BCUT2D eigenvalue weighted by Crippen LogP contribution is -2.40. The van der Waals surface area contributed by atoms with E-state index in [9.17, 15) is 29.3 Å². The first kappa shape index (κ1) is 18.0. The molecule has 132 valence electrons. The van der Waals surface area contributed by atoms with Gasteiger partial charge in [0.25, 0.3) is 23.4 Å². The fourth-order valence-corrected chi connectivity index (χ4v) is 2.39. The normalized spacial score (nSPS) is 14.1. The van der Waals surface area contributed by atoms with Gasteiger partial charge in [0.1, 0.15) is 12.1 Å². The molecular weight excluding hydrogens is 334 g/mol. The number of fused-ring (bicyclic) bond motifs is 1. The summed E-state index contributed by atoms with van der Waals surface area (Å²) in [5, 5.41) is 11.0. The molecule has 0 saturated carbocycles. The van der Waals surface area contributed by atoms with E-state index in [4.69, 9.17) is 4.74 Å². The fraction of sp³-hybridized carbons (Fsp3) is 0.333. The molecule has 1 atom stereocenters. The van der Waals surface area contributed by atoms with Crippen LogP contribution in [0.15, 0.2) is 18.2 Å².